The quantitative estimate of drug-likeness (QED) is 0.604. The van der Waals surface area contributed by atoms with Crippen LogP contribution in [0.25, 0.3) is 5.65 Å². The number of carbonyl (C=O) groups excluding carboxylic acids is 1. The number of carbonyl (C=O) groups is 1. The number of nitrogens with one attached hydrogen (secondary N) is 1. The van der Waals surface area contributed by atoms with E-state index in [0.29, 0.717) is 45.3 Å². The number of hydrogen-bond acceptors (Lipinski definition) is 4. The minimum Gasteiger partial charge on any atom is -0.493 e. The Hall–Kier alpha value is -2.44. The zero-order chi connectivity index (χ0) is 20.3. The number of nitrogens with zero attached hydrogens (tertiary/aromatic N) is 2. The minimum absolute atomic E-state index is 0.268. The molecule has 1 amide bonds. The fourth-order valence-corrected chi connectivity index (χ4v) is 3.05. The molecule has 0 fully saturated rings. The Morgan fingerprint density at radius 2 is 2.04 bits per heavy atom. The molecule has 2 heterocycles. The topological polar surface area (TPSA) is 64.9 Å². The molecule has 28 heavy (non-hydrogen) atoms. The smallest absolute Gasteiger partial charge is 0.251 e. The van der Waals surface area contributed by atoms with Crippen LogP contribution in [0.4, 0.5) is 0 Å². The van der Waals surface area contributed by atoms with Gasteiger partial charge in [-0.15, -0.1) is 0 Å². The van der Waals surface area contributed by atoms with Gasteiger partial charge in [0, 0.05) is 18.0 Å². The lowest BCUT2D eigenvalue weighted by Crippen LogP contribution is -2.23. The highest BCUT2D eigenvalue weighted by atomic mass is 35.5. The first-order chi connectivity index (χ1) is 13.4. The highest BCUT2D eigenvalue weighted by Crippen LogP contribution is 2.36. The van der Waals surface area contributed by atoms with E-state index in [0.717, 1.165) is 5.65 Å². The molecule has 0 aliphatic heterocycles. The van der Waals surface area contributed by atoms with Crippen molar-refractivity contribution in [1.29, 1.82) is 0 Å². The highest BCUT2D eigenvalue weighted by molar-refractivity contribution is 6.32. The van der Waals surface area contributed by atoms with Crippen LogP contribution < -0.4 is 14.8 Å². The lowest BCUT2D eigenvalue weighted by molar-refractivity contribution is 0.0950. The van der Waals surface area contributed by atoms with Gasteiger partial charge in [-0.2, -0.15) is 0 Å². The molecule has 148 valence electrons. The van der Waals surface area contributed by atoms with Crippen LogP contribution in [-0.4, -0.2) is 29.0 Å². The molecule has 3 aromatic rings. The van der Waals surface area contributed by atoms with Gasteiger partial charge in [0.25, 0.3) is 5.91 Å². The Kier molecular flexibility index (Phi) is 6.31. The van der Waals surface area contributed by atoms with Gasteiger partial charge in [0.05, 0.1) is 36.0 Å². The Labute approximate surface area is 173 Å². The van der Waals surface area contributed by atoms with E-state index in [1.807, 2.05) is 30.5 Å². The van der Waals surface area contributed by atoms with E-state index < -0.39 is 0 Å². The van der Waals surface area contributed by atoms with Crippen LogP contribution in [0.1, 0.15) is 29.9 Å². The van der Waals surface area contributed by atoms with Gasteiger partial charge >= 0.3 is 0 Å². The number of aromatic nitrogens is 2. The summed E-state index contributed by atoms with van der Waals surface area (Å²) >= 11 is 12.3. The third kappa shape index (κ3) is 4.69. The summed E-state index contributed by atoms with van der Waals surface area (Å²) < 4.78 is 12.9. The number of pyridine rings is 1. The number of ether oxygens (including phenoxy) is 2. The van der Waals surface area contributed by atoms with Crippen LogP contribution in [0, 0.1) is 5.92 Å². The Morgan fingerprint density at radius 3 is 2.75 bits per heavy atom. The molecule has 0 bridgehead atoms. The van der Waals surface area contributed by atoms with Crippen LogP contribution in [0.2, 0.25) is 10.0 Å². The number of methoxy groups -OCH3 is 1. The molecule has 1 N–H and O–H groups in total. The normalized spacial score (nSPS) is 11.1. The standard InChI is InChI=1S/C20H21Cl2N3O3/c1-12(2)11-28-19-16(22)6-13(7-17(19)27-3)20(26)23-8-15-10-25-9-14(21)4-5-18(25)24-15/h4-7,9-10,12H,8,11H2,1-3H3,(H,23,26). The molecule has 0 saturated carbocycles. The van der Waals surface area contributed by atoms with Crippen molar-refractivity contribution in [3.05, 3.63) is 58.0 Å². The maximum absolute atomic E-state index is 12.6. The predicted octanol–water partition coefficient (Wildman–Crippen LogP) is 4.61. The predicted molar refractivity (Wildman–Crippen MR) is 110 cm³/mol. The maximum atomic E-state index is 12.6. The van der Waals surface area contributed by atoms with Crippen molar-refractivity contribution in [3.8, 4) is 11.5 Å². The van der Waals surface area contributed by atoms with E-state index >= 15 is 0 Å². The number of halogens is 2. The van der Waals surface area contributed by atoms with Crippen LogP contribution in [-0.2, 0) is 6.54 Å². The molecular weight excluding hydrogens is 401 g/mol. The number of hydrogen-bond donors (Lipinski definition) is 1. The third-order valence-corrected chi connectivity index (χ3v) is 4.45. The summed E-state index contributed by atoms with van der Waals surface area (Å²) in [6, 6.07) is 6.76. The van der Waals surface area contributed by atoms with E-state index in [9.17, 15) is 4.79 Å². The van der Waals surface area contributed by atoms with E-state index in [1.54, 1.807) is 24.4 Å². The van der Waals surface area contributed by atoms with E-state index in [4.69, 9.17) is 32.7 Å². The van der Waals surface area contributed by atoms with Crippen LogP contribution in [0.15, 0.2) is 36.7 Å². The SMILES string of the molecule is COc1cc(C(=O)NCc2cn3cc(Cl)ccc3n2)cc(Cl)c1OCC(C)C. The molecule has 0 unspecified atom stereocenters. The Morgan fingerprint density at radius 1 is 1.25 bits per heavy atom. The van der Waals surface area contributed by atoms with Crippen molar-refractivity contribution in [2.75, 3.05) is 13.7 Å². The van der Waals surface area contributed by atoms with Crippen LogP contribution >= 0.6 is 23.2 Å². The molecule has 0 saturated heterocycles. The second-order valence-corrected chi connectivity index (χ2v) is 7.57. The fraction of sp³-hybridized carbons (Fsp3) is 0.300. The number of benzene rings is 1. The third-order valence-electron chi connectivity index (χ3n) is 3.95. The van der Waals surface area contributed by atoms with Gasteiger partial charge in [0.15, 0.2) is 11.5 Å². The number of amides is 1. The van der Waals surface area contributed by atoms with Gasteiger partial charge in [-0.25, -0.2) is 4.98 Å². The fourth-order valence-electron chi connectivity index (χ4n) is 2.62. The summed E-state index contributed by atoms with van der Waals surface area (Å²) in [5.74, 6) is 0.905. The molecule has 2 aromatic heterocycles. The van der Waals surface area contributed by atoms with Gasteiger partial charge < -0.3 is 19.2 Å². The monoisotopic (exact) mass is 421 g/mol. The van der Waals surface area contributed by atoms with Crippen molar-refractivity contribution >= 4 is 34.8 Å². The van der Waals surface area contributed by atoms with Gasteiger partial charge in [-0.3, -0.25) is 4.79 Å². The molecule has 3 rings (SSSR count). The van der Waals surface area contributed by atoms with Gasteiger partial charge in [-0.1, -0.05) is 37.0 Å². The number of imidazole rings is 1. The summed E-state index contributed by atoms with van der Waals surface area (Å²) in [4.78, 5) is 17.0. The number of rotatable bonds is 7. The molecule has 0 atom stereocenters. The summed E-state index contributed by atoms with van der Waals surface area (Å²) in [5, 5.41) is 3.78. The van der Waals surface area contributed by atoms with Crippen molar-refractivity contribution in [2.45, 2.75) is 20.4 Å². The molecule has 0 aliphatic carbocycles. The molecule has 0 aliphatic rings. The zero-order valence-electron chi connectivity index (χ0n) is 15.8. The average molecular weight is 422 g/mol. The largest absolute Gasteiger partial charge is 0.493 e. The first kappa shape index (κ1) is 20.3. The van der Waals surface area contributed by atoms with Gasteiger partial charge in [-0.05, 0) is 30.2 Å². The molecule has 6 nitrogen and oxygen atoms in total. The van der Waals surface area contributed by atoms with E-state index in [1.165, 1.54) is 7.11 Å². The lowest BCUT2D eigenvalue weighted by atomic mass is 10.1. The Bertz CT molecular complexity index is 1000. The van der Waals surface area contributed by atoms with Crippen molar-refractivity contribution in [2.24, 2.45) is 5.92 Å². The summed E-state index contributed by atoms with van der Waals surface area (Å²) in [6.07, 6.45) is 3.58. The van der Waals surface area contributed by atoms with Gasteiger partial charge in [0.2, 0.25) is 0 Å². The van der Waals surface area contributed by atoms with Gasteiger partial charge in [0.1, 0.15) is 5.65 Å². The van der Waals surface area contributed by atoms with Crippen molar-refractivity contribution < 1.29 is 14.3 Å². The molecule has 1 aromatic carbocycles. The Balaban J connectivity index is 1.73. The molecule has 0 spiro atoms. The summed E-state index contributed by atoms with van der Waals surface area (Å²) in [6.45, 7) is 4.84. The molecule has 0 radical (unpaired) electrons. The maximum Gasteiger partial charge on any atom is 0.251 e. The minimum atomic E-state index is -0.286. The second kappa shape index (κ2) is 8.71. The van der Waals surface area contributed by atoms with Crippen LogP contribution in [0.3, 0.4) is 0 Å². The first-order valence-corrected chi connectivity index (χ1v) is 9.54. The molecule has 8 heteroatoms. The van der Waals surface area contributed by atoms with Crippen molar-refractivity contribution in [1.82, 2.24) is 14.7 Å². The summed E-state index contributed by atoms with van der Waals surface area (Å²) in [7, 11) is 1.51. The lowest BCUT2D eigenvalue weighted by Gasteiger charge is -2.15. The summed E-state index contributed by atoms with van der Waals surface area (Å²) in [5.41, 5.74) is 1.85. The van der Waals surface area contributed by atoms with E-state index in [-0.39, 0.29) is 12.5 Å². The first-order valence-electron chi connectivity index (χ1n) is 8.79. The molecular formula is C20H21Cl2N3O3. The van der Waals surface area contributed by atoms with Crippen molar-refractivity contribution in [3.63, 3.8) is 0 Å². The van der Waals surface area contributed by atoms with Crippen LogP contribution in [0.5, 0.6) is 11.5 Å². The highest BCUT2D eigenvalue weighted by Gasteiger charge is 2.16. The number of fused-ring (bicyclic) bond motifs is 1. The average Bonchev–Trinajstić information content (AvgIpc) is 3.06. The van der Waals surface area contributed by atoms with E-state index in [2.05, 4.69) is 10.3 Å². The second-order valence-electron chi connectivity index (χ2n) is 6.72. The zero-order valence-corrected chi connectivity index (χ0v) is 17.3.